The second-order valence-electron chi connectivity index (χ2n) is 7.98. The standard InChI is InChI=1S/C28H22Cl2N2O2/c1-17-15-21(7-13-25(17)31-27(33)19-3-9-23(29)10-4-19)22-8-14-26(18(2)16-22)32-28(34)20-5-11-24(30)12-6-20/h3-16H,1-2H3,(H,31,33)(H,32,34). The number of rotatable bonds is 5. The van der Waals surface area contributed by atoms with Crippen LogP contribution < -0.4 is 10.6 Å². The second-order valence-corrected chi connectivity index (χ2v) is 8.85. The van der Waals surface area contributed by atoms with E-state index >= 15 is 0 Å². The molecule has 0 atom stereocenters. The van der Waals surface area contributed by atoms with E-state index in [0.717, 1.165) is 33.6 Å². The third kappa shape index (κ3) is 5.48. The van der Waals surface area contributed by atoms with Crippen molar-refractivity contribution in [2.75, 3.05) is 10.6 Å². The van der Waals surface area contributed by atoms with Crippen molar-refractivity contribution in [2.45, 2.75) is 13.8 Å². The average molecular weight is 489 g/mol. The van der Waals surface area contributed by atoms with Crippen LogP contribution in [0.4, 0.5) is 11.4 Å². The zero-order chi connectivity index (χ0) is 24.2. The minimum absolute atomic E-state index is 0.191. The molecule has 0 spiro atoms. The van der Waals surface area contributed by atoms with Crippen LogP contribution in [0.25, 0.3) is 11.1 Å². The molecule has 2 amide bonds. The van der Waals surface area contributed by atoms with E-state index in [1.807, 2.05) is 50.2 Å². The van der Waals surface area contributed by atoms with Crippen molar-refractivity contribution in [2.24, 2.45) is 0 Å². The Balaban J connectivity index is 1.48. The molecule has 0 heterocycles. The zero-order valence-electron chi connectivity index (χ0n) is 18.7. The highest BCUT2D eigenvalue weighted by molar-refractivity contribution is 6.31. The Morgan fingerprint density at radius 2 is 0.912 bits per heavy atom. The van der Waals surface area contributed by atoms with Crippen molar-refractivity contribution in [1.82, 2.24) is 0 Å². The van der Waals surface area contributed by atoms with Crippen LogP contribution in [0.3, 0.4) is 0 Å². The summed E-state index contributed by atoms with van der Waals surface area (Å²) in [4.78, 5) is 25.1. The topological polar surface area (TPSA) is 58.2 Å². The highest BCUT2D eigenvalue weighted by Gasteiger charge is 2.11. The van der Waals surface area contributed by atoms with Crippen LogP contribution in [0, 0.1) is 13.8 Å². The van der Waals surface area contributed by atoms with Gasteiger partial charge in [0, 0.05) is 32.5 Å². The Hall–Kier alpha value is -3.60. The summed E-state index contributed by atoms with van der Waals surface area (Å²) < 4.78 is 0. The van der Waals surface area contributed by atoms with Gasteiger partial charge in [0.25, 0.3) is 11.8 Å². The molecule has 2 N–H and O–H groups in total. The summed E-state index contributed by atoms with van der Waals surface area (Å²) in [5.74, 6) is -0.381. The van der Waals surface area contributed by atoms with Crippen molar-refractivity contribution in [3.63, 3.8) is 0 Å². The number of aryl methyl sites for hydroxylation is 2. The Bertz CT molecular complexity index is 1260. The number of hydrogen-bond acceptors (Lipinski definition) is 2. The van der Waals surface area contributed by atoms with Crippen LogP contribution in [0.2, 0.25) is 10.0 Å². The quantitative estimate of drug-likeness (QED) is 0.301. The summed E-state index contributed by atoms with van der Waals surface area (Å²) in [5.41, 5.74) is 6.48. The maximum absolute atomic E-state index is 12.5. The van der Waals surface area contributed by atoms with Crippen molar-refractivity contribution in [3.05, 3.63) is 117 Å². The van der Waals surface area contributed by atoms with Crippen LogP contribution in [-0.2, 0) is 0 Å². The van der Waals surface area contributed by atoms with Gasteiger partial charge < -0.3 is 10.6 Å². The molecule has 170 valence electrons. The van der Waals surface area contributed by atoms with Gasteiger partial charge in [0.1, 0.15) is 0 Å². The van der Waals surface area contributed by atoms with Gasteiger partial charge in [0.05, 0.1) is 0 Å². The summed E-state index contributed by atoms with van der Waals surface area (Å²) in [6.07, 6.45) is 0. The van der Waals surface area contributed by atoms with E-state index in [2.05, 4.69) is 10.6 Å². The highest BCUT2D eigenvalue weighted by Crippen LogP contribution is 2.29. The number of anilines is 2. The van der Waals surface area contributed by atoms with E-state index in [1.165, 1.54) is 0 Å². The zero-order valence-corrected chi connectivity index (χ0v) is 20.2. The first-order valence-corrected chi connectivity index (χ1v) is 11.4. The highest BCUT2D eigenvalue weighted by atomic mass is 35.5. The smallest absolute Gasteiger partial charge is 0.255 e. The van der Waals surface area contributed by atoms with Crippen molar-refractivity contribution in [1.29, 1.82) is 0 Å². The van der Waals surface area contributed by atoms with E-state index in [9.17, 15) is 9.59 Å². The molecule has 6 heteroatoms. The van der Waals surface area contributed by atoms with Gasteiger partial charge in [-0.25, -0.2) is 0 Å². The van der Waals surface area contributed by atoms with E-state index in [1.54, 1.807) is 48.5 Å². The fourth-order valence-corrected chi connectivity index (χ4v) is 3.81. The van der Waals surface area contributed by atoms with Crippen LogP contribution in [0.15, 0.2) is 84.9 Å². The Labute approximate surface area is 208 Å². The number of hydrogen-bond donors (Lipinski definition) is 2. The molecule has 0 bridgehead atoms. The lowest BCUT2D eigenvalue weighted by atomic mass is 9.99. The number of amides is 2. The number of nitrogens with one attached hydrogen (secondary N) is 2. The molecule has 34 heavy (non-hydrogen) atoms. The average Bonchev–Trinajstić information content (AvgIpc) is 2.82. The van der Waals surface area contributed by atoms with Crippen molar-refractivity contribution >= 4 is 46.4 Å². The fourth-order valence-electron chi connectivity index (χ4n) is 3.56. The van der Waals surface area contributed by atoms with Gasteiger partial charge in [-0.2, -0.15) is 0 Å². The Morgan fingerprint density at radius 3 is 1.24 bits per heavy atom. The molecule has 0 saturated heterocycles. The molecular formula is C28H22Cl2N2O2. The molecular weight excluding hydrogens is 467 g/mol. The van der Waals surface area contributed by atoms with E-state index in [-0.39, 0.29) is 11.8 Å². The Kier molecular flexibility index (Phi) is 7.01. The summed E-state index contributed by atoms with van der Waals surface area (Å²) in [7, 11) is 0. The fraction of sp³-hybridized carbons (Fsp3) is 0.0714. The summed E-state index contributed by atoms with van der Waals surface area (Å²) in [6, 6.07) is 25.3. The summed E-state index contributed by atoms with van der Waals surface area (Å²) in [5, 5.41) is 7.07. The first-order chi connectivity index (χ1) is 16.3. The Morgan fingerprint density at radius 1 is 0.559 bits per heavy atom. The third-order valence-electron chi connectivity index (χ3n) is 5.50. The van der Waals surface area contributed by atoms with E-state index in [0.29, 0.717) is 21.2 Å². The summed E-state index contributed by atoms with van der Waals surface area (Å²) in [6.45, 7) is 3.91. The second kappa shape index (κ2) is 10.1. The molecule has 0 aliphatic rings. The monoisotopic (exact) mass is 488 g/mol. The predicted molar refractivity (Wildman–Crippen MR) is 140 cm³/mol. The van der Waals surface area contributed by atoms with Gasteiger partial charge in [0.2, 0.25) is 0 Å². The number of carbonyl (C=O) groups is 2. The predicted octanol–water partition coefficient (Wildman–Crippen LogP) is 7.78. The van der Waals surface area contributed by atoms with Gasteiger partial charge in [-0.05, 0) is 109 Å². The van der Waals surface area contributed by atoms with Crippen LogP contribution in [0.1, 0.15) is 31.8 Å². The molecule has 0 fully saturated rings. The molecule has 0 aromatic heterocycles. The SMILES string of the molecule is Cc1cc(-c2ccc(NC(=O)c3ccc(Cl)cc3)c(C)c2)ccc1NC(=O)c1ccc(Cl)cc1. The maximum atomic E-state index is 12.5. The molecule has 0 radical (unpaired) electrons. The van der Waals surface area contributed by atoms with Crippen molar-refractivity contribution < 1.29 is 9.59 Å². The molecule has 0 saturated carbocycles. The first kappa shape index (κ1) is 23.6. The van der Waals surface area contributed by atoms with Gasteiger partial charge in [-0.1, -0.05) is 35.3 Å². The first-order valence-electron chi connectivity index (χ1n) is 10.7. The molecule has 4 nitrogen and oxygen atoms in total. The lowest BCUT2D eigenvalue weighted by Crippen LogP contribution is -2.12. The minimum atomic E-state index is -0.191. The molecule has 0 aliphatic carbocycles. The molecule has 0 aliphatic heterocycles. The van der Waals surface area contributed by atoms with E-state index in [4.69, 9.17) is 23.2 Å². The molecule has 0 unspecified atom stereocenters. The maximum Gasteiger partial charge on any atom is 0.255 e. The summed E-state index contributed by atoms with van der Waals surface area (Å²) >= 11 is 11.8. The van der Waals surface area contributed by atoms with Gasteiger partial charge in [-0.3, -0.25) is 9.59 Å². The number of carbonyl (C=O) groups excluding carboxylic acids is 2. The van der Waals surface area contributed by atoms with Crippen LogP contribution >= 0.6 is 23.2 Å². The van der Waals surface area contributed by atoms with Crippen LogP contribution in [0.5, 0.6) is 0 Å². The van der Waals surface area contributed by atoms with Gasteiger partial charge in [0.15, 0.2) is 0 Å². The molecule has 4 aromatic carbocycles. The third-order valence-corrected chi connectivity index (χ3v) is 6.00. The van der Waals surface area contributed by atoms with Gasteiger partial charge >= 0.3 is 0 Å². The number of benzene rings is 4. The lowest BCUT2D eigenvalue weighted by Gasteiger charge is -2.13. The van der Waals surface area contributed by atoms with E-state index < -0.39 is 0 Å². The molecule has 4 rings (SSSR count). The van der Waals surface area contributed by atoms with Crippen molar-refractivity contribution in [3.8, 4) is 11.1 Å². The normalized spacial score (nSPS) is 10.6. The van der Waals surface area contributed by atoms with Gasteiger partial charge in [-0.15, -0.1) is 0 Å². The lowest BCUT2D eigenvalue weighted by molar-refractivity contribution is 0.101. The van der Waals surface area contributed by atoms with Crippen LogP contribution in [-0.4, -0.2) is 11.8 Å². The molecule has 4 aromatic rings. The number of halogens is 2. The largest absolute Gasteiger partial charge is 0.322 e. The minimum Gasteiger partial charge on any atom is -0.322 e.